The third-order valence-electron chi connectivity index (χ3n) is 4.31. The Morgan fingerprint density at radius 3 is 2.54 bits per heavy atom. The molecule has 134 valence electrons. The third-order valence-corrected chi connectivity index (χ3v) is 4.81. The predicted molar refractivity (Wildman–Crippen MR) is 102 cm³/mol. The molecule has 0 aliphatic carbocycles. The lowest BCUT2D eigenvalue weighted by Gasteiger charge is -2.22. The molecule has 6 nitrogen and oxygen atoms in total. The maximum Gasteiger partial charge on any atom is 0.325 e. The number of carbonyl (C=O) groups is 3. The average Bonchev–Trinajstić information content (AvgIpc) is 2.81. The van der Waals surface area contributed by atoms with Gasteiger partial charge in [-0.25, -0.2) is 4.79 Å². The van der Waals surface area contributed by atoms with Gasteiger partial charge in [-0.15, -0.1) is 0 Å². The fourth-order valence-electron chi connectivity index (χ4n) is 2.82. The van der Waals surface area contributed by atoms with Crippen molar-refractivity contribution in [2.45, 2.75) is 19.4 Å². The number of aryl methyl sites for hydroxylation is 1. The highest BCUT2D eigenvalue weighted by Gasteiger charge is 2.49. The SMILES string of the molecule is Cc1ccc(NC(=O)CN2C(=O)NC(C)(c3cccc(Br)c3)C2=O)cc1. The maximum atomic E-state index is 12.8. The van der Waals surface area contributed by atoms with Crippen LogP contribution in [0.25, 0.3) is 0 Å². The van der Waals surface area contributed by atoms with Gasteiger partial charge in [0, 0.05) is 10.2 Å². The fraction of sp³-hybridized carbons (Fsp3) is 0.211. The van der Waals surface area contributed by atoms with Crippen molar-refractivity contribution in [1.82, 2.24) is 10.2 Å². The number of hydrogen-bond acceptors (Lipinski definition) is 3. The van der Waals surface area contributed by atoms with Crippen LogP contribution in [-0.2, 0) is 15.1 Å². The number of halogens is 1. The Balaban J connectivity index is 1.74. The summed E-state index contributed by atoms with van der Waals surface area (Å²) in [6, 6.07) is 13.8. The van der Waals surface area contributed by atoms with Crippen molar-refractivity contribution in [2.24, 2.45) is 0 Å². The summed E-state index contributed by atoms with van der Waals surface area (Å²) in [7, 11) is 0. The Morgan fingerprint density at radius 2 is 1.88 bits per heavy atom. The Kier molecular flexibility index (Phi) is 4.82. The Bertz CT molecular complexity index is 882. The van der Waals surface area contributed by atoms with E-state index < -0.39 is 23.4 Å². The first-order valence-electron chi connectivity index (χ1n) is 8.06. The zero-order valence-electron chi connectivity index (χ0n) is 14.4. The van der Waals surface area contributed by atoms with Crippen molar-refractivity contribution >= 4 is 39.5 Å². The minimum atomic E-state index is -1.20. The largest absolute Gasteiger partial charge is 0.325 e. The molecule has 1 aliphatic rings. The van der Waals surface area contributed by atoms with Gasteiger partial charge < -0.3 is 10.6 Å². The maximum absolute atomic E-state index is 12.8. The zero-order chi connectivity index (χ0) is 18.9. The molecule has 0 radical (unpaired) electrons. The van der Waals surface area contributed by atoms with Crippen LogP contribution < -0.4 is 10.6 Å². The van der Waals surface area contributed by atoms with Crippen molar-refractivity contribution < 1.29 is 14.4 Å². The highest BCUT2D eigenvalue weighted by atomic mass is 79.9. The molecule has 7 heteroatoms. The number of carbonyl (C=O) groups excluding carboxylic acids is 3. The first kappa shape index (κ1) is 18.1. The number of imide groups is 1. The van der Waals surface area contributed by atoms with E-state index in [1.165, 1.54) is 0 Å². The lowest BCUT2D eigenvalue weighted by molar-refractivity contribution is -0.133. The standard InChI is InChI=1S/C19H18BrN3O3/c1-12-6-8-15(9-7-12)21-16(24)11-23-17(25)19(2,22-18(23)26)13-4-3-5-14(20)10-13/h3-10H,11H2,1-2H3,(H,21,24)(H,22,26). The summed E-state index contributed by atoms with van der Waals surface area (Å²) in [5.74, 6) is -0.893. The van der Waals surface area contributed by atoms with Gasteiger partial charge in [0.1, 0.15) is 12.1 Å². The van der Waals surface area contributed by atoms with Gasteiger partial charge in [-0.1, -0.05) is 45.8 Å². The molecule has 1 atom stereocenters. The molecule has 2 N–H and O–H groups in total. The number of urea groups is 1. The van der Waals surface area contributed by atoms with Gasteiger partial charge in [0.2, 0.25) is 5.91 Å². The van der Waals surface area contributed by atoms with E-state index in [1.54, 1.807) is 37.3 Å². The summed E-state index contributed by atoms with van der Waals surface area (Å²) in [6.45, 7) is 3.23. The van der Waals surface area contributed by atoms with E-state index in [1.807, 2.05) is 25.1 Å². The summed E-state index contributed by atoms with van der Waals surface area (Å²) in [6.07, 6.45) is 0. The molecule has 26 heavy (non-hydrogen) atoms. The van der Waals surface area contributed by atoms with Crippen LogP contribution in [0.2, 0.25) is 0 Å². The number of rotatable bonds is 4. The smallest absolute Gasteiger partial charge is 0.325 e. The second-order valence-electron chi connectivity index (χ2n) is 6.37. The zero-order valence-corrected chi connectivity index (χ0v) is 16.0. The van der Waals surface area contributed by atoms with E-state index >= 15 is 0 Å². The van der Waals surface area contributed by atoms with Crippen LogP contribution in [0.4, 0.5) is 10.5 Å². The molecule has 1 aliphatic heterocycles. The summed E-state index contributed by atoms with van der Waals surface area (Å²) < 4.78 is 0.800. The fourth-order valence-corrected chi connectivity index (χ4v) is 3.22. The minimum Gasteiger partial charge on any atom is -0.325 e. The first-order chi connectivity index (χ1) is 12.3. The van der Waals surface area contributed by atoms with Crippen LogP contribution in [0, 0.1) is 6.92 Å². The number of hydrogen-bond donors (Lipinski definition) is 2. The van der Waals surface area contributed by atoms with Gasteiger partial charge in [0.25, 0.3) is 5.91 Å². The van der Waals surface area contributed by atoms with E-state index in [9.17, 15) is 14.4 Å². The summed E-state index contributed by atoms with van der Waals surface area (Å²) >= 11 is 3.36. The Morgan fingerprint density at radius 1 is 1.19 bits per heavy atom. The van der Waals surface area contributed by atoms with Gasteiger partial charge in [-0.3, -0.25) is 14.5 Å². The van der Waals surface area contributed by atoms with Gasteiger partial charge >= 0.3 is 6.03 Å². The molecule has 0 saturated carbocycles. The van der Waals surface area contributed by atoms with Gasteiger partial charge in [0.05, 0.1) is 0 Å². The monoisotopic (exact) mass is 415 g/mol. The molecule has 0 spiro atoms. The van der Waals surface area contributed by atoms with Crippen LogP contribution >= 0.6 is 15.9 Å². The van der Waals surface area contributed by atoms with E-state index in [0.717, 1.165) is 14.9 Å². The van der Waals surface area contributed by atoms with E-state index in [0.29, 0.717) is 11.3 Å². The highest BCUT2D eigenvalue weighted by molar-refractivity contribution is 9.10. The summed E-state index contributed by atoms with van der Waals surface area (Å²) in [5, 5.41) is 5.38. The van der Waals surface area contributed by atoms with Crippen LogP contribution in [0.5, 0.6) is 0 Å². The highest BCUT2D eigenvalue weighted by Crippen LogP contribution is 2.30. The topological polar surface area (TPSA) is 78.5 Å². The van der Waals surface area contributed by atoms with E-state index in [4.69, 9.17) is 0 Å². The van der Waals surface area contributed by atoms with Gasteiger partial charge in [-0.2, -0.15) is 0 Å². The number of benzene rings is 2. The molecule has 4 amide bonds. The van der Waals surface area contributed by atoms with Crippen LogP contribution in [-0.4, -0.2) is 29.3 Å². The third kappa shape index (κ3) is 3.48. The molecular weight excluding hydrogens is 398 g/mol. The number of anilines is 1. The average molecular weight is 416 g/mol. The molecule has 3 rings (SSSR count). The summed E-state index contributed by atoms with van der Waals surface area (Å²) in [4.78, 5) is 38.3. The molecule has 1 heterocycles. The molecule has 0 aromatic heterocycles. The lowest BCUT2D eigenvalue weighted by Crippen LogP contribution is -2.42. The molecule has 1 fully saturated rings. The summed E-state index contributed by atoms with van der Waals surface area (Å²) in [5.41, 5.74) is 1.13. The van der Waals surface area contributed by atoms with Crippen molar-refractivity contribution in [3.8, 4) is 0 Å². The number of nitrogens with zero attached hydrogens (tertiary/aromatic N) is 1. The van der Waals surface area contributed by atoms with Crippen molar-refractivity contribution in [3.63, 3.8) is 0 Å². The molecule has 2 aromatic rings. The van der Waals surface area contributed by atoms with Gasteiger partial charge in [0.15, 0.2) is 0 Å². The normalized spacial score (nSPS) is 19.4. The van der Waals surface area contributed by atoms with Crippen LogP contribution in [0.3, 0.4) is 0 Å². The van der Waals surface area contributed by atoms with Crippen molar-refractivity contribution in [3.05, 3.63) is 64.1 Å². The molecule has 1 unspecified atom stereocenters. The van der Waals surface area contributed by atoms with Gasteiger partial charge in [-0.05, 0) is 43.7 Å². The lowest BCUT2D eigenvalue weighted by atomic mass is 9.92. The Labute approximate surface area is 159 Å². The van der Waals surface area contributed by atoms with Crippen LogP contribution in [0.1, 0.15) is 18.1 Å². The number of amides is 4. The van der Waals surface area contributed by atoms with Crippen molar-refractivity contribution in [1.29, 1.82) is 0 Å². The van der Waals surface area contributed by atoms with E-state index in [-0.39, 0.29) is 6.54 Å². The first-order valence-corrected chi connectivity index (χ1v) is 8.85. The molecule has 0 bridgehead atoms. The molecule has 2 aromatic carbocycles. The second kappa shape index (κ2) is 6.92. The Hall–Kier alpha value is -2.67. The quantitative estimate of drug-likeness (QED) is 0.752. The number of nitrogens with one attached hydrogen (secondary N) is 2. The second-order valence-corrected chi connectivity index (χ2v) is 7.29. The van der Waals surface area contributed by atoms with Crippen molar-refractivity contribution in [2.75, 3.05) is 11.9 Å². The molecule has 1 saturated heterocycles. The van der Waals surface area contributed by atoms with E-state index in [2.05, 4.69) is 26.6 Å². The minimum absolute atomic E-state index is 0.345. The predicted octanol–water partition coefficient (Wildman–Crippen LogP) is 3.16. The molecular formula is C19H18BrN3O3. The van der Waals surface area contributed by atoms with Crippen LogP contribution in [0.15, 0.2) is 53.0 Å².